The fraction of sp³-hybridized carbons (Fsp3) is 1.00. The molecule has 11 heavy (non-hydrogen) atoms. The molecule has 2 nitrogen and oxygen atoms in total. The van der Waals surface area contributed by atoms with Gasteiger partial charge < -0.3 is 4.74 Å². The Bertz CT molecular complexity index is 126. The van der Waals surface area contributed by atoms with E-state index in [1.807, 2.05) is 0 Å². The Hall–Kier alpha value is 0.110. The van der Waals surface area contributed by atoms with Crippen LogP contribution in [0.4, 0.5) is 0 Å². The Kier molecular flexibility index (Phi) is 4.08. The summed E-state index contributed by atoms with van der Waals surface area (Å²) in [5.74, 6) is 2.59. The molecular formula is C8H16O2S. The highest BCUT2D eigenvalue weighted by molar-refractivity contribution is 7.85. The van der Waals surface area contributed by atoms with Gasteiger partial charge in [-0.2, -0.15) is 0 Å². The van der Waals surface area contributed by atoms with Gasteiger partial charge in [-0.15, -0.1) is 0 Å². The second kappa shape index (κ2) is 4.88. The predicted octanol–water partition coefficient (Wildman–Crippen LogP) is 1.18. The van der Waals surface area contributed by atoms with Gasteiger partial charge in [0.1, 0.15) is 0 Å². The van der Waals surface area contributed by atoms with Gasteiger partial charge in [-0.3, -0.25) is 4.21 Å². The number of ether oxygens (including phenoxy) is 1. The summed E-state index contributed by atoms with van der Waals surface area (Å²) in [6.45, 7) is 0.858. The lowest BCUT2D eigenvalue weighted by molar-refractivity contribution is 0.174. The first-order valence-corrected chi connectivity index (χ1v) is 5.65. The number of rotatable bonds is 3. The molecule has 1 saturated heterocycles. The third kappa shape index (κ3) is 3.34. The summed E-state index contributed by atoms with van der Waals surface area (Å²) >= 11 is 0. The average molecular weight is 176 g/mol. The van der Waals surface area contributed by atoms with Crippen LogP contribution in [0.15, 0.2) is 0 Å². The third-order valence-corrected chi connectivity index (χ3v) is 3.62. The standard InChI is InChI=1S/C8H16O2S/c1-10-5-2-8-3-6-11(9)7-4-8/h8H,2-7H2,1H3. The van der Waals surface area contributed by atoms with Crippen molar-refractivity contribution in [1.82, 2.24) is 0 Å². The largest absolute Gasteiger partial charge is 0.385 e. The number of hydrogen-bond acceptors (Lipinski definition) is 2. The van der Waals surface area contributed by atoms with Crippen LogP contribution in [0.1, 0.15) is 19.3 Å². The van der Waals surface area contributed by atoms with Gasteiger partial charge in [0, 0.05) is 36.0 Å². The van der Waals surface area contributed by atoms with Gasteiger partial charge in [-0.1, -0.05) is 0 Å². The molecule has 0 unspecified atom stereocenters. The maximum absolute atomic E-state index is 11.0. The Morgan fingerprint density at radius 3 is 2.64 bits per heavy atom. The van der Waals surface area contributed by atoms with Crippen LogP contribution < -0.4 is 0 Å². The fourth-order valence-corrected chi connectivity index (χ4v) is 2.81. The molecule has 0 atom stereocenters. The van der Waals surface area contributed by atoms with E-state index < -0.39 is 10.8 Å². The van der Waals surface area contributed by atoms with Crippen molar-refractivity contribution >= 4 is 10.8 Å². The van der Waals surface area contributed by atoms with Crippen molar-refractivity contribution in [2.45, 2.75) is 19.3 Å². The summed E-state index contributed by atoms with van der Waals surface area (Å²) in [7, 11) is 1.23. The van der Waals surface area contributed by atoms with Gasteiger partial charge in [0.05, 0.1) is 0 Å². The zero-order chi connectivity index (χ0) is 8.10. The van der Waals surface area contributed by atoms with E-state index in [2.05, 4.69) is 0 Å². The Morgan fingerprint density at radius 1 is 1.45 bits per heavy atom. The van der Waals surface area contributed by atoms with Crippen LogP contribution in [-0.4, -0.2) is 29.4 Å². The van der Waals surface area contributed by atoms with Crippen LogP contribution in [0, 0.1) is 5.92 Å². The molecule has 0 aliphatic carbocycles. The molecule has 0 bridgehead atoms. The first-order valence-electron chi connectivity index (χ1n) is 4.17. The maximum atomic E-state index is 11.0. The lowest BCUT2D eigenvalue weighted by atomic mass is 10.00. The Balaban J connectivity index is 2.12. The third-order valence-electron chi connectivity index (χ3n) is 2.24. The smallest absolute Gasteiger partial charge is 0.0464 e. The minimum atomic E-state index is -0.507. The molecule has 66 valence electrons. The Labute approximate surface area is 70.8 Å². The summed E-state index contributed by atoms with van der Waals surface area (Å²) in [5, 5.41) is 0. The predicted molar refractivity (Wildman–Crippen MR) is 47.1 cm³/mol. The molecule has 0 radical (unpaired) electrons. The number of hydrogen-bond donors (Lipinski definition) is 0. The molecule has 1 fully saturated rings. The van der Waals surface area contributed by atoms with Crippen molar-refractivity contribution in [2.75, 3.05) is 25.2 Å². The zero-order valence-electron chi connectivity index (χ0n) is 7.04. The van der Waals surface area contributed by atoms with E-state index in [-0.39, 0.29) is 0 Å². The minimum absolute atomic E-state index is 0.507. The maximum Gasteiger partial charge on any atom is 0.0464 e. The molecule has 3 heteroatoms. The van der Waals surface area contributed by atoms with Crippen LogP contribution >= 0.6 is 0 Å². The van der Waals surface area contributed by atoms with Crippen LogP contribution in [0.3, 0.4) is 0 Å². The van der Waals surface area contributed by atoms with Crippen molar-refractivity contribution in [3.8, 4) is 0 Å². The quantitative estimate of drug-likeness (QED) is 0.645. The van der Waals surface area contributed by atoms with Crippen molar-refractivity contribution in [3.63, 3.8) is 0 Å². The van der Waals surface area contributed by atoms with Crippen LogP contribution in [0.2, 0.25) is 0 Å². The van der Waals surface area contributed by atoms with Crippen molar-refractivity contribution < 1.29 is 8.95 Å². The van der Waals surface area contributed by atoms with E-state index >= 15 is 0 Å². The summed E-state index contributed by atoms with van der Waals surface area (Å²) in [6.07, 6.45) is 3.42. The SMILES string of the molecule is COCCC1CCS(=O)CC1. The highest BCUT2D eigenvalue weighted by atomic mass is 32.2. The van der Waals surface area contributed by atoms with Crippen molar-refractivity contribution in [3.05, 3.63) is 0 Å². The molecule has 1 aliphatic heterocycles. The van der Waals surface area contributed by atoms with E-state index in [0.29, 0.717) is 0 Å². The van der Waals surface area contributed by atoms with E-state index in [1.54, 1.807) is 7.11 Å². The molecule has 1 rings (SSSR count). The minimum Gasteiger partial charge on any atom is -0.385 e. The van der Waals surface area contributed by atoms with Gasteiger partial charge in [0.2, 0.25) is 0 Å². The topological polar surface area (TPSA) is 26.3 Å². The van der Waals surface area contributed by atoms with Crippen LogP contribution in [0.25, 0.3) is 0 Å². The van der Waals surface area contributed by atoms with E-state index in [9.17, 15) is 4.21 Å². The highest BCUT2D eigenvalue weighted by Gasteiger charge is 2.16. The summed E-state index contributed by atoms with van der Waals surface area (Å²) in [6, 6.07) is 0. The fourth-order valence-electron chi connectivity index (χ4n) is 1.42. The van der Waals surface area contributed by atoms with Gasteiger partial charge in [0.25, 0.3) is 0 Å². The lowest BCUT2D eigenvalue weighted by Gasteiger charge is -2.20. The summed E-state index contributed by atoms with van der Waals surface area (Å²) in [4.78, 5) is 0. The second-order valence-electron chi connectivity index (χ2n) is 3.07. The molecule has 0 spiro atoms. The molecular weight excluding hydrogens is 160 g/mol. The zero-order valence-corrected chi connectivity index (χ0v) is 7.86. The lowest BCUT2D eigenvalue weighted by Crippen LogP contribution is -2.19. The number of methoxy groups -OCH3 is 1. The summed E-state index contributed by atoms with van der Waals surface area (Å²) < 4.78 is 16.0. The van der Waals surface area contributed by atoms with Crippen LogP contribution in [-0.2, 0) is 15.5 Å². The first kappa shape index (κ1) is 9.20. The van der Waals surface area contributed by atoms with E-state index in [1.165, 1.54) is 0 Å². The van der Waals surface area contributed by atoms with Crippen molar-refractivity contribution in [1.29, 1.82) is 0 Å². The van der Waals surface area contributed by atoms with Gasteiger partial charge in [-0.05, 0) is 25.2 Å². The highest BCUT2D eigenvalue weighted by Crippen LogP contribution is 2.19. The first-order chi connectivity index (χ1) is 5.33. The molecule has 0 aromatic heterocycles. The van der Waals surface area contributed by atoms with Crippen molar-refractivity contribution in [2.24, 2.45) is 5.92 Å². The molecule has 0 aromatic carbocycles. The molecule has 0 N–H and O–H groups in total. The average Bonchev–Trinajstić information content (AvgIpc) is 2.04. The van der Waals surface area contributed by atoms with E-state index in [4.69, 9.17) is 4.74 Å². The molecule has 0 amide bonds. The van der Waals surface area contributed by atoms with E-state index in [0.717, 1.165) is 43.3 Å². The van der Waals surface area contributed by atoms with Gasteiger partial charge in [0.15, 0.2) is 0 Å². The monoisotopic (exact) mass is 176 g/mol. The normalized spacial score (nSPS) is 32.1. The Morgan fingerprint density at radius 2 is 2.09 bits per heavy atom. The summed E-state index contributed by atoms with van der Waals surface area (Å²) in [5.41, 5.74) is 0. The molecule has 1 aliphatic rings. The molecule has 0 saturated carbocycles. The van der Waals surface area contributed by atoms with Gasteiger partial charge >= 0.3 is 0 Å². The molecule has 0 aromatic rings. The van der Waals surface area contributed by atoms with Gasteiger partial charge in [-0.25, -0.2) is 0 Å². The second-order valence-corrected chi connectivity index (χ2v) is 4.77. The van der Waals surface area contributed by atoms with Crippen LogP contribution in [0.5, 0.6) is 0 Å². The molecule has 1 heterocycles.